The van der Waals surface area contributed by atoms with Gasteiger partial charge in [-0.3, -0.25) is 0 Å². The molecule has 0 aliphatic rings. The van der Waals surface area contributed by atoms with Gasteiger partial charge in [0.05, 0.1) is 5.01 Å². The largest absolute Gasteiger partial charge is 0.466 e. The minimum Gasteiger partial charge on any atom is -0.466 e. The van der Waals surface area contributed by atoms with Crippen LogP contribution in [-0.2, 0) is 5.60 Å². The second-order valence-corrected chi connectivity index (χ2v) is 6.75. The van der Waals surface area contributed by atoms with Crippen molar-refractivity contribution in [3.63, 3.8) is 0 Å². The standard InChI is InChI=1S/C15H22N2O2S/c1-9-6-13(11(3)19-9)15(5,18)8-17-10(2)14-7-16-12(4)20-14/h6-7,10,17-18H,8H2,1-5H3. The quantitative estimate of drug-likeness (QED) is 0.889. The van der Waals surface area contributed by atoms with E-state index in [2.05, 4.69) is 17.2 Å². The molecule has 0 aromatic carbocycles. The van der Waals surface area contributed by atoms with Gasteiger partial charge in [-0.25, -0.2) is 4.98 Å². The molecule has 0 amide bonds. The van der Waals surface area contributed by atoms with E-state index in [0.717, 1.165) is 22.1 Å². The predicted molar refractivity (Wildman–Crippen MR) is 81.0 cm³/mol. The van der Waals surface area contributed by atoms with E-state index in [1.807, 2.05) is 40.0 Å². The molecular formula is C15H22N2O2S. The Morgan fingerprint density at radius 3 is 2.65 bits per heavy atom. The molecule has 0 spiro atoms. The van der Waals surface area contributed by atoms with E-state index in [9.17, 15) is 5.11 Å². The van der Waals surface area contributed by atoms with E-state index in [4.69, 9.17) is 4.42 Å². The van der Waals surface area contributed by atoms with Gasteiger partial charge in [-0.05, 0) is 40.7 Å². The highest BCUT2D eigenvalue weighted by molar-refractivity contribution is 7.11. The Morgan fingerprint density at radius 1 is 1.45 bits per heavy atom. The van der Waals surface area contributed by atoms with Gasteiger partial charge in [0.25, 0.3) is 0 Å². The Hall–Kier alpha value is -1.17. The van der Waals surface area contributed by atoms with Crippen molar-refractivity contribution in [1.82, 2.24) is 10.3 Å². The van der Waals surface area contributed by atoms with Crippen molar-refractivity contribution in [3.8, 4) is 0 Å². The number of aliphatic hydroxyl groups is 1. The van der Waals surface area contributed by atoms with Crippen molar-refractivity contribution >= 4 is 11.3 Å². The lowest BCUT2D eigenvalue weighted by Crippen LogP contribution is -2.36. The van der Waals surface area contributed by atoms with E-state index in [-0.39, 0.29) is 6.04 Å². The molecule has 20 heavy (non-hydrogen) atoms. The highest BCUT2D eigenvalue weighted by atomic mass is 32.1. The second-order valence-electron chi connectivity index (χ2n) is 5.49. The number of aryl methyl sites for hydroxylation is 3. The van der Waals surface area contributed by atoms with Crippen molar-refractivity contribution in [1.29, 1.82) is 0 Å². The molecule has 0 saturated heterocycles. The number of hydrogen-bond acceptors (Lipinski definition) is 5. The maximum absolute atomic E-state index is 10.6. The molecule has 2 aromatic rings. The summed E-state index contributed by atoms with van der Waals surface area (Å²) in [5, 5.41) is 15.1. The average Bonchev–Trinajstić information content (AvgIpc) is 2.93. The van der Waals surface area contributed by atoms with Crippen molar-refractivity contribution in [3.05, 3.63) is 39.2 Å². The van der Waals surface area contributed by atoms with Gasteiger partial charge in [0.2, 0.25) is 0 Å². The molecule has 0 radical (unpaired) electrons. The molecule has 0 aliphatic heterocycles. The Labute approximate surface area is 123 Å². The summed E-state index contributed by atoms with van der Waals surface area (Å²) in [4.78, 5) is 5.44. The summed E-state index contributed by atoms with van der Waals surface area (Å²) in [6.07, 6.45) is 1.89. The fraction of sp³-hybridized carbons (Fsp3) is 0.533. The molecule has 2 atom stereocenters. The van der Waals surface area contributed by atoms with Crippen LogP contribution in [0.1, 0.15) is 46.9 Å². The fourth-order valence-electron chi connectivity index (χ4n) is 2.29. The Bertz CT molecular complexity index is 586. The van der Waals surface area contributed by atoms with Crippen LogP contribution in [0.3, 0.4) is 0 Å². The fourth-order valence-corrected chi connectivity index (χ4v) is 3.10. The predicted octanol–water partition coefficient (Wildman–Crippen LogP) is 3.22. The zero-order chi connectivity index (χ0) is 14.9. The summed E-state index contributed by atoms with van der Waals surface area (Å²) >= 11 is 1.68. The molecule has 0 aliphatic carbocycles. The number of furan rings is 1. The van der Waals surface area contributed by atoms with Crippen LogP contribution in [0.25, 0.3) is 0 Å². The van der Waals surface area contributed by atoms with Crippen LogP contribution in [0.2, 0.25) is 0 Å². The van der Waals surface area contributed by atoms with Gasteiger partial charge >= 0.3 is 0 Å². The van der Waals surface area contributed by atoms with Crippen LogP contribution in [0.4, 0.5) is 0 Å². The van der Waals surface area contributed by atoms with E-state index in [0.29, 0.717) is 6.54 Å². The molecule has 2 N–H and O–H groups in total. The molecule has 2 rings (SSSR count). The van der Waals surface area contributed by atoms with E-state index >= 15 is 0 Å². The molecule has 5 heteroatoms. The normalized spacial score (nSPS) is 16.1. The Kier molecular flexibility index (Phi) is 4.32. The smallest absolute Gasteiger partial charge is 0.107 e. The third-order valence-electron chi connectivity index (χ3n) is 3.44. The van der Waals surface area contributed by atoms with Crippen molar-refractivity contribution < 1.29 is 9.52 Å². The lowest BCUT2D eigenvalue weighted by atomic mass is 9.96. The lowest BCUT2D eigenvalue weighted by Gasteiger charge is -2.25. The molecule has 2 heterocycles. The summed E-state index contributed by atoms with van der Waals surface area (Å²) in [5.41, 5.74) is -0.106. The van der Waals surface area contributed by atoms with Crippen LogP contribution in [-0.4, -0.2) is 16.6 Å². The highest BCUT2D eigenvalue weighted by Crippen LogP contribution is 2.27. The van der Waals surface area contributed by atoms with Gasteiger partial charge in [0, 0.05) is 29.2 Å². The summed E-state index contributed by atoms with van der Waals surface area (Å²) in [6, 6.07) is 2.07. The Morgan fingerprint density at radius 2 is 2.15 bits per heavy atom. The lowest BCUT2D eigenvalue weighted by molar-refractivity contribution is 0.0530. The highest BCUT2D eigenvalue weighted by Gasteiger charge is 2.28. The van der Waals surface area contributed by atoms with Gasteiger partial charge in [0.1, 0.15) is 17.1 Å². The number of thiazole rings is 1. The topological polar surface area (TPSA) is 58.3 Å². The maximum atomic E-state index is 10.6. The van der Waals surface area contributed by atoms with E-state index in [1.54, 1.807) is 11.3 Å². The summed E-state index contributed by atoms with van der Waals surface area (Å²) in [6.45, 7) is 10.1. The number of nitrogens with one attached hydrogen (secondary N) is 1. The second kappa shape index (κ2) is 5.68. The number of aromatic nitrogens is 1. The van der Waals surface area contributed by atoms with Crippen molar-refractivity contribution in [2.45, 2.75) is 46.3 Å². The molecule has 0 bridgehead atoms. The molecule has 2 unspecified atom stereocenters. The minimum absolute atomic E-state index is 0.168. The SMILES string of the molecule is Cc1cc(C(C)(O)CNC(C)c2cnc(C)s2)c(C)o1. The first-order valence-electron chi connectivity index (χ1n) is 6.75. The van der Waals surface area contributed by atoms with Crippen LogP contribution >= 0.6 is 11.3 Å². The summed E-state index contributed by atoms with van der Waals surface area (Å²) in [7, 11) is 0. The first kappa shape index (κ1) is 15.2. The van der Waals surface area contributed by atoms with Crippen LogP contribution < -0.4 is 5.32 Å². The maximum Gasteiger partial charge on any atom is 0.107 e. The van der Waals surface area contributed by atoms with Crippen molar-refractivity contribution in [2.24, 2.45) is 0 Å². The first-order valence-corrected chi connectivity index (χ1v) is 7.57. The zero-order valence-electron chi connectivity index (χ0n) is 12.7. The van der Waals surface area contributed by atoms with Crippen LogP contribution in [0.5, 0.6) is 0 Å². The van der Waals surface area contributed by atoms with E-state index in [1.165, 1.54) is 4.88 Å². The van der Waals surface area contributed by atoms with Crippen LogP contribution in [0.15, 0.2) is 16.7 Å². The first-order chi connectivity index (χ1) is 9.29. The Balaban J connectivity index is 2.04. The molecular weight excluding hydrogens is 272 g/mol. The molecule has 110 valence electrons. The van der Waals surface area contributed by atoms with Gasteiger partial charge in [-0.2, -0.15) is 0 Å². The number of rotatable bonds is 5. The zero-order valence-corrected chi connectivity index (χ0v) is 13.5. The van der Waals surface area contributed by atoms with Gasteiger partial charge in [-0.1, -0.05) is 0 Å². The number of hydrogen-bond donors (Lipinski definition) is 2. The van der Waals surface area contributed by atoms with Gasteiger partial charge < -0.3 is 14.8 Å². The van der Waals surface area contributed by atoms with Crippen molar-refractivity contribution in [2.75, 3.05) is 6.54 Å². The molecule has 2 aromatic heterocycles. The van der Waals surface area contributed by atoms with Gasteiger partial charge in [-0.15, -0.1) is 11.3 Å². The third kappa shape index (κ3) is 3.29. The van der Waals surface area contributed by atoms with E-state index < -0.39 is 5.60 Å². The molecule has 0 fully saturated rings. The average molecular weight is 294 g/mol. The van der Waals surface area contributed by atoms with Gasteiger partial charge in [0.15, 0.2) is 0 Å². The summed E-state index contributed by atoms with van der Waals surface area (Å²) in [5.74, 6) is 1.60. The number of nitrogens with zero attached hydrogens (tertiary/aromatic N) is 1. The van der Waals surface area contributed by atoms with Crippen LogP contribution in [0, 0.1) is 20.8 Å². The third-order valence-corrected chi connectivity index (χ3v) is 4.54. The minimum atomic E-state index is -0.949. The summed E-state index contributed by atoms with van der Waals surface area (Å²) < 4.78 is 5.50. The monoisotopic (exact) mass is 294 g/mol. The molecule has 4 nitrogen and oxygen atoms in total. The molecule has 0 saturated carbocycles.